The Hall–Kier alpha value is -2.49. The first kappa shape index (κ1) is 16.9. The molecule has 0 atom stereocenters. The van der Waals surface area contributed by atoms with E-state index in [9.17, 15) is 4.79 Å². The molecule has 4 nitrogen and oxygen atoms in total. The van der Waals surface area contributed by atoms with Crippen molar-refractivity contribution in [2.24, 2.45) is 5.92 Å². The number of benzene rings is 2. The van der Waals surface area contributed by atoms with Gasteiger partial charge < -0.3 is 15.4 Å². The maximum Gasteiger partial charge on any atom is 0.243 e. The van der Waals surface area contributed by atoms with Crippen LogP contribution in [0.25, 0.3) is 0 Å². The van der Waals surface area contributed by atoms with Crippen molar-refractivity contribution in [3.63, 3.8) is 0 Å². The van der Waals surface area contributed by atoms with E-state index in [-0.39, 0.29) is 12.5 Å². The molecule has 0 heterocycles. The highest BCUT2D eigenvalue weighted by Crippen LogP contribution is 2.16. The van der Waals surface area contributed by atoms with Gasteiger partial charge in [0.2, 0.25) is 5.91 Å². The third kappa shape index (κ3) is 6.43. The second-order valence-electron chi connectivity index (χ2n) is 5.82. The summed E-state index contributed by atoms with van der Waals surface area (Å²) in [6.45, 7) is 5.29. The van der Waals surface area contributed by atoms with Crippen LogP contribution in [-0.2, 0) is 4.79 Å². The molecule has 0 aromatic heterocycles. The Balaban J connectivity index is 1.75. The van der Waals surface area contributed by atoms with Crippen molar-refractivity contribution in [3.8, 4) is 5.75 Å². The van der Waals surface area contributed by atoms with Gasteiger partial charge in [0.15, 0.2) is 0 Å². The van der Waals surface area contributed by atoms with Crippen molar-refractivity contribution in [1.29, 1.82) is 0 Å². The first-order chi connectivity index (χ1) is 11.1. The number of anilines is 2. The van der Waals surface area contributed by atoms with E-state index in [1.807, 2.05) is 54.6 Å². The smallest absolute Gasteiger partial charge is 0.243 e. The van der Waals surface area contributed by atoms with Crippen molar-refractivity contribution in [2.75, 3.05) is 23.8 Å². The summed E-state index contributed by atoms with van der Waals surface area (Å²) in [6.07, 6.45) is 1.03. The summed E-state index contributed by atoms with van der Waals surface area (Å²) >= 11 is 0. The molecule has 0 unspecified atom stereocenters. The lowest BCUT2D eigenvalue weighted by Crippen LogP contribution is -2.21. The van der Waals surface area contributed by atoms with Gasteiger partial charge in [0.25, 0.3) is 0 Å². The number of nitrogens with one attached hydrogen (secondary N) is 2. The molecular formula is C19H24N2O2. The lowest BCUT2D eigenvalue weighted by molar-refractivity contribution is -0.114. The van der Waals surface area contributed by atoms with E-state index in [1.165, 1.54) is 0 Å². The highest BCUT2D eigenvalue weighted by molar-refractivity contribution is 5.93. The first-order valence-electron chi connectivity index (χ1n) is 7.95. The van der Waals surface area contributed by atoms with Gasteiger partial charge in [0.05, 0.1) is 13.2 Å². The molecule has 2 aromatic rings. The Kier molecular flexibility index (Phi) is 6.48. The molecule has 23 heavy (non-hydrogen) atoms. The van der Waals surface area contributed by atoms with E-state index in [1.54, 1.807) is 0 Å². The zero-order valence-electron chi connectivity index (χ0n) is 13.7. The lowest BCUT2D eigenvalue weighted by atomic mass is 10.1. The molecular weight excluding hydrogens is 288 g/mol. The quantitative estimate of drug-likeness (QED) is 0.769. The van der Waals surface area contributed by atoms with Crippen LogP contribution in [0.15, 0.2) is 54.6 Å². The molecule has 0 spiro atoms. The monoisotopic (exact) mass is 312 g/mol. The Morgan fingerprint density at radius 2 is 1.70 bits per heavy atom. The van der Waals surface area contributed by atoms with E-state index in [2.05, 4.69) is 24.5 Å². The first-order valence-corrected chi connectivity index (χ1v) is 7.95. The average molecular weight is 312 g/mol. The Morgan fingerprint density at radius 1 is 1.00 bits per heavy atom. The summed E-state index contributed by atoms with van der Waals surface area (Å²) in [4.78, 5) is 11.9. The average Bonchev–Trinajstić information content (AvgIpc) is 2.55. The topological polar surface area (TPSA) is 50.4 Å². The summed E-state index contributed by atoms with van der Waals surface area (Å²) < 4.78 is 5.66. The van der Waals surface area contributed by atoms with Crippen molar-refractivity contribution >= 4 is 17.3 Å². The van der Waals surface area contributed by atoms with Gasteiger partial charge in [-0.2, -0.15) is 0 Å². The van der Waals surface area contributed by atoms with Gasteiger partial charge in [-0.1, -0.05) is 32.0 Å². The van der Waals surface area contributed by atoms with Gasteiger partial charge >= 0.3 is 0 Å². The summed E-state index contributed by atoms with van der Waals surface area (Å²) in [5.41, 5.74) is 1.69. The highest BCUT2D eigenvalue weighted by Gasteiger charge is 2.03. The summed E-state index contributed by atoms with van der Waals surface area (Å²) in [6, 6.07) is 17.1. The molecule has 0 saturated carbocycles. The fourth-order valence-corrected chi connectivity index (χ4v) is 1.99. The number of ether oxygens (including phenoxy) is 1. The van der Waals surface area contributed by atoms with Crippen LogP contribution in [0, 0.1) is 5.92 Å². The molecule has 122 valence electrons. The fourth-order valence-electron chi connectivity index (χ4n) is 1.99. The van der Waals surface area contributed by atoms with Gasteiger partial charge in [-0.05, 0) is 48.7 Å². The molecule has 0 aliphatic heterocycles. The van der Waals surface area contributed by atoms with Crippen molar-refractivity contribution in [2.45, 2.75) is 20.3 Å². The van der Waals surface area contributed by atoms with Crippen LogP contribution < -0.4 is 15.4 Å². The molecule has 2 aromatic carbocycles. The SMILES string of the molecule is CC(C)CCOc1ccc(NC(=O)CNc2ccccc2)cc1. The number of hydrogen-bond acceptors (Lipinski definition) is 3. The van der Waals surface area contributed by atoms with Gasteiger partial charge in [-0.15, -0.1) is 0 Å². The van der Waals surface area contributed by atoms with Crippen LogP contribution in [-0.4, -0.2) is 19.1 Å². The summed E-state index contributed by atoms with van der Waals surface area (Å²) in [5.74, 6) is 1.37. The maximum absolute atomic E-state index is 11.9. The number of hydrogen-bond donors (Lipinski definition) is 2. The highest BCUT2D eigenvalue weighted by atomic mass is 16.5. The molecule has 4 heteroatoms. The zero-order chi connectivity index (χ0) is 16.5. The molecule has 0 aliphatic carbocycles. The predicted molar refractivity (Wildman–Crippen MR) is 95.0 cm³/mol. The normalized spacial score (nSPS) is 10.4. The van der Waals surface area contributed by atoms with E-state index in [0.29, 0.717) is 12.5 Å². The van der Waals surface area contributed by atoms with Gasteiger partial charge in [0.1, 0.15) is 5.75 Å². The molecule has 2 N–H and O–H groups in total. The van der Waals surface area contributed by atoms with Crippen LogP contribution >= 0.6 is 0 Å². The third-order valence-electron chi connectivity index (χ3n) is 3.33. The second-order valence-corrected chi connectivity index (χ2v) is 5.82. The summed E-state index contributed by atoms with van der Waals surface area (Å²) in [5, 5.41) is 5.93. The van der Waals surface area contributed by atoms with Crippen LogP contribution in [0.3, 0.4) is 0 Å². The third-order valence-corrected chi connectivity index (χ3v) is 3.33. The van der Waals surface area contributed by atoms with Crippen LogP contribution in [0.5, 0.6) is 5.75 Å². The minimum atomic E-state index is -0.0812. The number of para-hydroxylation sites is 1. The van der Waals surface area contributed by atoms with E-state index < -0.39 is 0 Å². The zero-order valence-corrected chi connectivity index (χ0v) is 13.7. The van der Waals surface area contributed by atoms with Crippen molar-refractivity contribution in [3.05, 3.63) is 54.6 Å². The van der Waals surface area contributed by atoms with Gasteiger partial charge in [0, 0.05) is 11.4 Å². The molecule has 1 amide bonds. The van der Waals surface area contributed by atoms with E-state index in [0.717, 1.165) is 23.5 Å². The standard InChI is InChI=1S/C19H24N2O2/c1-15(2)12-13-23-18-10-8-17(9-11-18)21-19(22)14-20-16-6-4-3-5-7-16/h3-11,15,20H,12-14H2,1-2H3,(H,21,22). The molecule has 0 saturated heterocycles. The molecule has 0 aliphatic rings. The van der Waals surface area contributed by atoms with E-state index in [4.69, 9.17) is 4.74 Å². The molecule has 0 bridgehead atoms. The van der Waals surface area contributed by atoms with Crippen LogP contribution in [0.2, 0.25) is 0 Å². The Bertz CT molecular complexity index is 595. The largest absolute Gasteiger partial charge is 0.494 e. The molecule has 0 fully saturated rings. The fraction of sp³-hybridized carbons (Fsp3) is 0.316. The maximum atomic E-state index is 11.9. The predicted octanol–water partition coefficient (Wildman–Crippen LogP) is 4.16. The van der Waals surface area contributed by atoms with Gasteiger partial charge in [-0.25, -0.2) is 0 Å². The Labute approximate surface area is 137 Å². The van der Waals surface area contributed by atoms with Crippen LogP contribution in [0.4, 0.5) is 11.4 Å². The lowest BCUT2D eigenvalue weighted by Gasteiger charge is -2.10. The van der Waals surface area contributed by atoms with Crippen LogP contribution in [0.1, 0.15) is 20.3 Å². The number of amides is 1. The Morgan fingerprint density at radius 3 is 2.35 bits per heavy atom. The number of rotatable bonds is 8. The minimum absolute atomic E-state index is 0.0812. The number of carbonyl (C=O) groups is 1. The van der Waals surface area contributed by atoms with Crippen molar-refractivity contribution in [1.82, 2.24) is 0 Å². The molecule has 2 rings (SSSR count). The van der Waals surface area contributed by atoms with Crippen molar-refractivity contribution < 1.29 is 9.53 Å². The van der Waals surface area contributed by atoms with E-state index >= 15 is 0 Å². The number of carbonyl (C=O) groups excluding carboxylic acids is 1. The summed E-state index contributed by atoms with van der Waals surface area (Å²) in [7, 11) is 0. The molecule has 0 radical (unpaired) electrons. The van der Waals surface area contributed by atoms with Gasteiger partial charge in [-0.3, -0.25) is 4.79 Å². The second kappa shape index (κ2) is 8.83. The minimum Gasteiger partial charge on any atom is -0.494 e.